The number of aromatic nitrogens is 1. The van der Waals surface area contributed by atoms with E-state index in [2.05, 4.69) is 38.4 Å². The molecule has 1 aliphatic rings. The first kappa shape index (κ1) is 15.6. The van der Waals surface area contributed by atoms with Gasteiger partial charge in [0.05, 0.1) is 0 Å². The quantitative estimate of drug-likeness (QED) is 0.840. The van der Waals surface area contributed by atoms with Crippen LogP contribution in [0.2, 0.25) is 0 Å². The van der Waals surface area contributed by atoms with Gasteiger partial charge in [0.1, 0.15) is 5.69 Å². The Morgan fingerprint density at radius 2 is 2.14 bits per heavy atom. The Morgan fingerprint density at radius 1 is 1.48 bits per heavy atom. The standard InChI is InChI=1S/C18H26N2O/c1-11-6-7-14(18(3,4)5)9-13(11)10-15-12(2)8-16(20-15)17(19)21/h8,10,14,20H,1,6-7,9H2,2-5H3,(H2,19,21)/b13-10-/t14-/m0/s1. The van der Waals surface area contributed by atoms with Crippen molar-refractivity contribution in [2.75, 3.05) is 0 Å². The summed E-state index contributed by atoms with van der Waals surface area (Å²) in [7, 11) is 0. The third kappa shape index (κ3) is 3.46. The van der Waals surface area contributed by atoms with E-state index in [0.29, 0.717) is 17.0 Å². The maximum Gasteiger partial charge on any atom is 0.265 e. The number of H-pyrrole nitrogens is 1. The van der Waals surface area contributed by atoms with Crippen molar-refractivity contribution in [3.05, 3.63) is 40.7 Å². The maximum atomic E-state index is 11.3. The van der Waals surface area contributed by atoms with E-state index in [-0.39, 0.29) is 0 Å². The van der Waals surface area contributed by atoms with E-state index >= 15 is 0 Å². The number of allylic oxidation sites excluding steroid dienone is 2. The Kier molecular flexibility index (Phi) is 4.13. The largest absolute Gasteiger partial charge is 0.364 e. The summed E-state index contributed by atoms with van der Waals surface area (Å²) in [5.74, 6) is 0.248. The van der Waals surface area contributed by atoms with Crippen molar-refractivity contribution in [1.29, 1.82) is 0 Å². The SMILES string of the molecule is C=C1CC[C@H](C(C)(C)C)C/C1=C/c1[nH]c(C(N)=O)cc1C. The summed E-state index contributed by atoms with van der Waals surface area (Å²) in [6.45, 7) is 13.1. The van der Waals surface area contributed by atoms with Gasteiger partial charge in [0.25, 0.3) is 5.91 Å². The van der Waals surface area contributed by atoms with Crippen LogP contribution < -0.4 is 5.73 Å². The molecule has 1 heterocycles. The van der Waals surface area contributed by atoms with Gasteiger partial charge in [0.15, 0.2) is 0 Å². The summed E-state index contributed by atoms with van der Waals surface area (Å²) in [4.78, 5) is 14.4. The minimum Gasteiger partial charge on any atom is -0.364 e. The molecule has 0 saturated heterocycles. The molecule has 3 N–H and O–H groups in total. The number of hydrogen-bond donors (Lipinski definition) is 2. The number of primary amides is 1. The zero-order valence-corrected chi connectivity index (χ0v) is 13.5. The molecular weight excluding hydrogens is 260 g/mol. The number of carbonyl (C=O) groups excluding carboxylic acids is 1. The van der Waals surface area contributed by atoms with Crippen molar-refractivity contribution in [2.45, 2.75) is 47.0 Å². The number of hydrogen-bond acceptors (Lipinski definition) is 1. The number of nitrogens with two attached hydrogens (primary N) is 1. The van der Waals surface area contributed by atoms with E-state index in [1.807, 2.05) is 13.0 Å². The number of nitrogens with one attached hydrogen (secondary N) is 1. The van der Waals surface area contributed by atoms with Crippen LogP contribution in [0.25, 0.3) is 6.08 Å². The normalized spacial score (nSPS) is 21.8. The van der Waals surface area contributed by atoms with Crippen LogP contribution in [0.3, 0.4) is 0 Å². The van der Waals surface area contributed by atoms with E-state index < -0.39 is 5.91 Å². The van der Waals surface area contributed by atoms with Crippen LogP contribution in [-0.4, -0.2) is 10.9 Å². The summed E-state index contributed by atoms with van der Waals surface area (Å²) >= 11 is 0. The lowest BCUT2D eigenvalue weighted by molar-refractivity contribution is 0.0996. The lowest BCUT2D eigenvalue weighted by atomic mass is 9.69. The molecule has 0 radical (unpaired) electrons. The first-order valence-corrected chi connectivity index (χ1v) is 7.56. The van der Waals surface area contributed by atoms with Gasteiger partial charge in [-0.15, -0.1) is 0 Å². The second-order valence-electron chi connectivity index (χ2n) is 7.22. The summed E-state index contributed by atoms with van der Waals surface area (Å²) in [5.41, 5.74) is 10.6. The van der Waals surface area contributed by atoms with Gasteiger partial charge in [0, 0.05) is 5.69 Å². The van der Waals surface area contributed by atoms with Crippen molar-refractivity contribution in [3.8, 4) is 0 Å². The Hall–Kier alpha value is -1.77. The van der Waals surface area contributed by atoms with E-state index in [1.54, 1.807) is 0 Å². The molecule has 1 aromatic heterocycles. The molecule has 1 aromatic rings. The zero-order chi connectivity index (χ0) is 15.8. The first-order valence-electron chi connectivity index (χ1n) is 7.56. The smallest absolute Gasteiger partial charge is 0.265 e. The molecule has 1 fully saturated rings. The van der Waals surface area contributed by atoms with Crippen LogP contribution in [-0.2, 0) is 0 Å². The Morgan fingerprint density at radius 3 is 2.67 bits per heavy atom. The number of aromatic amines is 1. The molecule has 2 rings (SSSR count). The van der Waals surface area contributed by atoms with Crippen LogP contribution in [0, 0.1) is 18.3 Å². The molecule has 114 valence electrons. The Labute approximate surface area is 127 Å². The molecule has 1 saturated carbocycles. The van der Waals surface area contributed by atoms with Gasteiger partial charge < -0.3 is 10.7 Å². The molecule has 0 aromatic carbocycles. The molecule has 0 aliphatic heterocycles. The fourth-order valence-corrected chi connectivity index (χ4v) is 2.95. The highest BCUT2D eigenvalue weighted by Crippen LogP contribution is 2.42. The van der Waals surface area contributed by atoms with Gasteiger partial charge in [-0.25, -0.2) is 0 Å². The molecule has 1 atom stereocenters. The molecule has 0 unspecified atom stereocenters. The highest BCUT2D eigenvalue weighted by Gasteiger charge is 2.29. The van der Waals surface area contributed by atoms with Crippen molar-refractivity contribution in [3.63, 3.8) is 0 Å². The minimum atomic E-state index is -0.419. The molecule has 3 heteroatoms. The monoisotopic (exact) mass is 286 g/mol. The number of carbonyl (C=O) groups is 1. The molecule has 1 aliphatic carbocycles. The average molecular weight is 286 g/mol. The number of aryl methyl sites for hydroxylation is 1. The average Bonchev–Trinajstić information content (AvgIpc) is 2.72. The predicted octanol–water partition coefficient (Wildman–Crippen LogP) is 4.21. The van der Waals surface area contributed by atoms with Gasteiger partial charge >= 0.3 is 0 Å². The molecule has 0 spiro atoms. The summed E-state index contributed by atoms with van der Waals surface area (Å²) in [5, 5.41) is 0. The van der Waals surface area contributed by atoms with Crippen molar-refractivity contribution in [2.24, 2.45) is 17.1 Å². The van der Waals surface area contributed by atoms with Crippen LogP contribution in [0.1, 0.15) is 61.8 Å². The summed E-state index contributed by atoms with van der Waals surface area (Å²) in [6, 6.07) is 1.81. The second kappa shape index (κ2) is 5.55. The summed E-state index contributed by atoms with van der Waals surface area (Å²) < 4.78 is 0. The predicted molar refractivity (Wildman–Crippen MR) is 88.0 cm³/mol. The molecule has 3 nitrogen and oxygen atoms in total. The Bertz CT molecular complexity index is 599. The van der Waals surface area contributed by atoms with E-state index in [0.717, 1.165) is 24.1 Å². The second-order valence-corrected chi connectivity index (χ2v) is 7.22. The van der Waals surface area contributed by atoms with Crippen molar-refractivity contribution >= 4 is 12.0 Å². The highest BCUT2D eigenvalue weighted by molar-refractivity contribution is 5.91. The van der Waals surface area contributed by atoms with Gasteiger partial charge in [-0.1, -0.05) is 32.9 Å². The van der Waals surface area contributed by atoms with Crippen LogP contribution in [0.5, 0.6) is 0 Å². The first-order chi connectivity index (χ1) is 9.68. The van der Waals surface area contributed by atoms with Crippen LogP contribution in [0.4, 0.5) is 0 Å². The van der Waals surface area contributed by atoms with Crippen LogP contribution >= 0.6 is 0 Å². The molecule has 21 heavy (non-hydrogen) atoms. The molecule has 0 bridgehead atoms. The van der Waals surface area contributed by atoms with Crippen LogP contribution in [0.15, 0.2) is 23.8 Å². The van der Waals surface area contributed by atoms with E-state index in [4.69, 9.17) is 5.73 Å². The highest BCUT2D eigenvalue weighted by atomic mass is 16.1. The van der Waals surface area contributed by atoms with Crippen molar-refractivity contribution < 1.29 is 4.79 Å². The Balaban J connectivity index is 2.30. The minimum absolute atomic E-state index is 0.308. The zero-order valence-electron chi connectivity index (χ0n) is 13.5. The number of amides is 1. The molecule has 1 amide bonds. The lowest BCUT2D eigenvalue weighted by Gasteiger charge is -2.36. The van der Waals surface area contributed by atoms with Gasteiger partial charge in [-0.05, 0) is 60.8 Å². The van der Waals surface area contributed by atoms with Gasteiger partial charge in [-0.2, -0.15) is 0 Å². The van der Waals surface area contributed by atoms with Crippen molar-refractivity contribution in [1.82, 2.24) is 4.98 Å². The maximum absolute atomic E-state index is 11.3. The third-order valence-electron chi connectivity index (χ3n) is 4.58. The summed E-state index contributed by atoms with van der Waals surface area (Å²) in [6.07, 6.45) is 5.45. The number of rotatable bonds is 2. The topological polar surface area (TPSA) is 58.9 Å². The third-order valence-corrected chi connectivity index (χ3v) is 4.58. The van der Waals surface area contributed by atoms with Gasteiger partial charge in [-0.3, -0.25) is 4.79 Å². The van der Waals surface area contributed by atoms with E-state index in [1.165, 1.54) is 17.6 Å². The lowest BCUT2D eigenvalue weighted by Crippen LogP contribution is -2.24. The fourth-order valence-electron chi connectivity index (χ4n) is 2.95. The molecular formula is C18H26N2O. The fraction of sp³-hybridized carbons (Fsp3) is 0.500. The van der Waals surface area contributed by atoms with Gasteiger partial charge in [0.2, 0.25) is 0 Å². The van der Waals surface area contributed by atoms with E-state index in [9.17, 15) is 4.79 Å².